The second-order valence-corrected chi connectivity index (χ2v) is 7.24. The fourth-order valence-electron chi connectivity index (χ4n) is 3.83. The third kappa shape index (κ3) is 3.26. The van der Waals surface area contributed by atoms with Crippen molar-refractivity contribution in [2.24, 2.45) is 0 Å². The highest BCUT2D eigenvalue weighted by molar-refractivity contribution is 6.04. The highest BCUT2D eigenvalue weighted by atomic mass is 16.6. The van der Waals surface area contributed by atoms with E-state index in [1.807, 2.05) is 31.2 Å². The number of esters is 1. The molecule has 1 atom stereocenters. The average molecular weight is 364 g/mol. The minimum atomic E-state index is -0.904. The quantitative estimate of drug-likeness (QED) is 0.482. The first-order valence-corrected chi connectivity index (χ1v) is 9.41. The normalized spacial score (nSPS) is 20.4. The van der Waals surface area contributed by atoms with E-state index in [1.54, 1.807) is 7.11 Å². The number of carbonyl (C=O) groups is 1. The lowest BCUT2D eigenvalue weighted by Crippen LogP contribution is -2.38. The summed E-state index contributed by atoms with van der Waals surface area (Å²) in [5.74, 6) is 0.571. The lowest BCUT2D eigenvalue weighted by Gasteiger charge is -2.26. The molecule has 1 saturated heterocycles. The van der Waals surface area contributed by atoms with Gasteiger partial charge in [0.15, 0.2) is 5.60 Å². The Balaban J connectivity index is 1.80. The number of cyclic esters (lactones) is 1. The van der Waals surface area contributed by atoms with E-state index in [4.69, 9.17) is 14.2 Å². The maximum absolute atomic E-state index is 12.4. The van der Waals surface area contributed by atoms with Crippen LogP contribution in [0.2, 0.25) is 0 Å². The molecule has 4 rings (SSSR count). The fraction of sp³-hybridized carbons (Fsp3) is 0.348. The fourth-order valence-corrected chi connectivity index (χ4v) is 3.83. The third-order valence-corrected chi connectivity index (χ3v) is 5.45. The van der Waals surface area contributed by atoms with Crippen LogP contribution in [0, 0.1) is 0 Å². The molecular weight excluding hydrogens is 340 g/mol. The first-order chi connectivity index (χ1) is 13.1. The van der Waals surface area contributed by atoms with Crippen LogP contribution in [0.1, 0.15) is 31.7 Å². The number of fused-ring (bicyclic) bond motifs is 2. The van der Waals surface area contributed by atoms with E-state index in [-0.39, 0.29) is 5.97 Å². The molecule has 0 aliphatic carbocycles. The zero-order valence-electron chi connectivity index (χ0n) is 15.8. The summed E-state index contributed by atoms with van der Waals surface area (Å²) in [6, 6.07) is 16.4. The van der Waals surface area contributed by atoms with Crippen molar-refractivity contribution >= 4 is 27.5 Å². The van der Waals surface area contributed by atoms with Gasteiger partial charge in [0.25, 0.3) is 0 Å². The van der Waals surface area contributed by atoms with Gasteiger partial charge in [0.05, 0.1) is 20.3 Å². The summed E-state index contributed by atoms with van der Waals surface area (Å²) in [4.78, 5) is 12.4. The van der Waals surface area contributed by atoms with Gasteiger partial charge in [-0.2, -0.15) is 0 Å². The van der Waals surface area contributed by atoms with Crippen LogP contribution < -0.4 is 4.74 Å². The summed E-state index contributed by atoms with van der Waals surface area (Å²) in [7, 11) is 1.68. The Morgan fingerprint density at radius 2 is 1.85 bits per heavy atom. The van der Waals surface area contributed by atoms with Crippen LogP contribution >= 0.6 is 0 Å². The van der Waals surface area contributed by atoms with E-state index in [0.29, 0.717) is 19.6 Å². The Bertz CT molecular complexity index is 994. The third-order valence-electron chi connectivity index (χ3n) is 5.45. The van der Waals surface area contributed by atoms with Crippen molar-refractivity contribution < 1.29 is 19.0 Å². The number of carbonyl (C=O) groups excluding carboxylic acids is 1. The van der Waals surface area contributed by atoms with Crippen molar-refractivity contribution in [2.75, 3.05) is 13.7 Å². The molecule has 0 amide bonds. The highest BCUT2D eigenvalue weighted by Crippen LogP contribution is 2.35. The SMILES string of the molecule is COc1cccc2c(COC3(C)CCCCOC3=O)c3ccccc3cc12. The van der Waals surface area contributed by atoms with Gasteiger partial charge in [0, 0.05) is 5.39 Å². The standard InChI is InChI=1S/C23H24O4/c1-23(12-5-6-13-26-22(23)24)27-15-20-17-9-4-3-8-16(17)14-19-18(20)10-7-11-21(19)25-2/h3-4,7-11,14H,5-6,12-13,15H2,1-2H3. The summed E-state index contributed by atoms with van der Waals surface area (Å²) in [6.45, 7) is 2.66. The molecule has 3 aromatic rings. The molecule has 0 aromatic heterocycles. The molecule has 0 saturated carbocycles. The van der Waals surface area contributed by atoms with Crippen molar-refractivity contribution in [2.45, 2.75) is 38.4 Å². The average Bonchev–Trinajstić information content (AvgIpc) is 2.86. The Morgan fingerprint density at radius 3 is 2.70 bits per heavy atom. The number of methoxy groups -OCH3 is 1. The summed E-state index contributed by atoms with van der Waals surface area (Å²) in [5, 5.41) is 4.38. The number of hydrogen-bond donors (Lipinski definition) is 0. The van der Waals surface area contributed by atoms with Gasteiger partial charge in [-0.05, 0) is 60.0 Å². The topological polar surface area (TPSA) is 44.8 Å². The van der Waals surface area contributed by atoms with Gasteiger partial charge in [-0.15, -0.1) is 0 Å². The van der Waals surface area contributed by atoms with Crippen LogP contribution in [-0.4, -0.2) is 25.3 Å². The zero-order valence-corrected chi connectivity index (χ0v) is 15.8. The molecule has 0 N–H and O–H groups in total. The predicted molar refractivity (Wildman–Crippen MR) is 106 cm³/mol. The van der Waals surface area contributed by atoms with Crippen molar-refractivity contribution in [3.8, 4) is 5.75 Å². The maximum atomic E-state index is 12.4. The summed E-state index contributed by atoms with van der Waals surface area (Å²) >= 11 is 0. The van der Waals surface area contributed by atoms with E-state index < -0.39 is 5.60 Å². The van der Waals surface area contributed by atoms with Crippen LogP contribution in [0.5, 0.6) is 5.75 Å². The Kier molecular flexibility index (Phi) is 4.75. The van der Waals surface area contributed by atoms with Crippen molar-refractivity contribution in [1.82, 2.24) is 0 Å². The van der Waals surface area contributed by atoms with Gasteiger partial charge < -0.3 is 14.2 Å². The lowest BCUT2D eigenvalue weighted by molar-refractivity contribution is -0.170. The predicted octanol–water partition coefficient (Wildman–Crippen LogP) is 5.00. The lowest BCUT2D eigenvalue weighted by atomic mass is 9.96. The summed E-state index contributed by atoms with van der Waals surface area (Å²) < 4.78 is 17.1. The summed E-state index contributed by atoms with van der Waals surface area (Å²) in [6.07, 6.45) is 2.49. The van der Waals surface area contributed by atoms with Crippen LogP contribution in [-0.2, 0) is 20.9 Å². The molecule has 0 spiro atoms. The molecule has 1 aliphatic heterocycles. The van der Waals surface area contributed by atoms with Crippen molar-refractivity contribution in [3.63, 3.8) is 0 Å². The number of benzene rings is 3. The van der Waals surface area contributed by atoms with Gasteiger partial charge in [-0.1, -0.05) is 36.4 Å². The van der Waals surface area contributed by atoms with Gasteiger partial charge >= 0.3 is 5.97 Å². The molecule has 4 nitrogen and oxygen atoms in total. The number of hydrogen-bond acceptors (Lipinski definition) is 4. The molecule has 1 heterocycles. The van der Waals surface area contributed by atoms with Gasteiger partial charge in [0.2, 0.25) is 0 Å². The number of rotatable bonds is 4. The smallest absolute Gasteiger partial charge is 0.338 e. The Labute approximate surface area is 159 Å². The molecule has 1 aliphatic rings. The molecule has 1 unspecified atom stereocenters. The van der Waals surface area contributed by atoms with Crippen LogP contribution in [0.3, 0.4) is 0 Å². The number of ether oxygens (including phenoxy) is 3. The highest BCUT2D eigenvalue weighted by Gasteiger charge is 2.37. The maximum Gasteiger partial charge on any atom is 0.338 e. The van der Waals surface area contributed by atoms with Gasteiger partial charge in [-0.3, -0.25) is 0 Å². The monoisotopic (exact) mass is 364 g/mol. The minimum Gasteiger partial charge on any atom is -0.496 e. The van der Waals surface area contributed by atoms with Crippen LogP contribution in [0.4, 0.5) is 0 Å². The molecule has 1 fully saturated rings. The summed E-state index contributed by atoms with van der Waals surface area (Å²) in [5.41, 5.74) is 0.166. The molecule has 0 bridgehead atoms. The molecule has 0 radical (unpaired) electrons. The van der Waals surface area contributed by atoms with E-state index >= 15 is 0 Å². The molecule has 4 heteroatoms. The molecule has 3 aromatic carbocycles. The molecule has 140 valence electrons. The van der Waals surface area contributed by atoms with E-state index in [2.05, 4.69) is 24.3 Å². The zero-order chi connectivity index (χ0) is 18.9. The van der Waals surface area contributed by atoms with Crippen LogP contribution in [0.25, 0.3) is 21.5 Å². The first-order valence-electron chi connectivity index (χ1n) is 9.41. The first kappa shape index (κ1) is 17.8. The largest absolute Gasteiger partial charge is 0.496 e. The van der Waals surface area contributed by atoms with E-state index in [0.717, 1.165) is 45.7 Å². The van der Waals surface area contributed by atoms with Gasteiger partial charge in [0.1, 0.15) is 5.75 Å². The Hall–Kier alpha value is -2.59. The Morgan fingerprint density at radius 1 is 1.04 bits per heavy atom. The van der Waals surface area contributed by atoms with Crippen LogP contribution in [0.15, 0.2) is 48.5 Å². The van der Waals surface area contributed by atoms with E-state index in [1.165, 1.54) is 0 Å². The van der Waals surface area contributed by atoms with E-state index in [9.17, 15) is 4.79 Å². The van der Waals surface area contributed by atoms with Crippen molar-refractivity contribution in [3.05, 3.63) is 54.1 Å². The second kappa shape index (κ2) is 7.20. The molecule has 27 heavy (non-hydrogen) atoms. The second-order valence-electron chi connectivity index (χ2n) is 7.24. The minimum absolute atomic E-state index is 0.262. The van der Waals surface area contributed by atoms with Gasteiger partial charge in [-0.25, -0.2) is 4.79 Å². The van der Waals surface area contributed by atoms with Crippen molar-refractivity contribution in [1.29, 1.82) is 0 Å². The molecular formula is C23H24O4.